The molecule has 0 spiro atoms. The van der Waals surface area contributed by atoms with Gasteiger partial charge in [-0.2, -0.15) is 0 Å². The van der Waals surface area contributed by atoms with Crippen molar-refractivity contribution in [1.82, 2.24) is 0 Å². The number of rotatable bonds is 8. The summed E-state index contributed by atoms with van der Waals surface area (Å²) < 4.78 is 21.1. The third kappa shape index (κ3) is 19.7. The Balaban J connectivity index is 0. The van der Waals surface area contributed by atoms with Crippen LogP contribution in [0, 0.1) is 0 Å². The van der Waals surface area contributed by atoms with Crippen molar-refractivity contribution in [3.05, 3.63) is 0 Å². The molecular weight excluding hydrogens is 244 g/mol. The molecule has 100 valence electrons. The maximum Gasteiger partial charge on any atom is 0.0246 e. The van der Waals surface area contributed by atoms with E-state index < -0.39 is 21.6 Å². The van der Waals surface area contributed by atoms with Gasteiger partial charge in [-0.15, -0.1) is 0 Å². The summed E-state index contributed by atoms with van der Waals surface area (Å²) in [6.45, 7) is 3.36. The molecule has 0 aliphatic heterocycles. The molecule has 0 radical (unpaired) electrons. The molecule has 0 aromatic carbocycles. The third-order valence-electron chi connectivity index (χ3n) is 1.64. The predicted molar refractivity (Wildman–Crippen MR) is 74.4 cm³/mol. The predicted octanol–water partition coefficient (Wildman–Crippen LogP) is 0.208. The first-order valence-electron chi connectivity index (χ1n) is 5.63. The van der Waals surface area contributed by atoms with Gasteiger partial charge in [-0.25, -0.2) is 0 Å². The summed E-state index contributed by atoms with van der Waals surface area (Å²) in [4.78, 5) is 0. The minimum absolute atomic E-state index is 0.600. The van der Waals surface area contributed by atoms with Crippen LogP contribution in [-0.2, 0) is 21.6 Å². The minimum Gasteiger partial charge on any atom is -0.330 e. The Bertz CT molecular complexity index is 190. The van der Waals surface area contributed by atoms with E-state index in [0.717, 1.165) is 36.5 Å². The zero-order valence-electron chi connectivity index (χ0n) is 10.4. The third-order valence-corrected chi connectivity index (χ3v) is 4.12. The molecule has 16 heavy (non-hydrogen) atoms. The smallest absolute Gasteiger partial charge is 0.0246 e. The summed E-state index contributed by atoms with van der Waals surface area (Å²) >= 11 is 0. The van der Waals surface area contributed by atoms with Crippen molar-refractivity contribution in [3.63, 3.8) is 0 Å². The molecule has 0 heterocycles. The van der Waals surface area contributed by atoms with Gasteiger partial charge < -0.3 is 11.5 Å². The van der Waals surface area contributed by atoms with Crippen LogP contribution in [0.3, 0.4) is 0 Å². The second kappa shape index (κ2) is 15.2. The first kappa shape index (κ1) is 18.6. The van der Waals surface area contributed by atoms with Gasteiger partial charge in [0.2, 0.25) is 0 Å². The Morgan fingerprint density at radius 1 is 0.938 bits per heavy atom. The summed E-state index contributed by atoms with van der Waals surface area (Å²) in [7, 11) is -1.25. The van der Waals surface area contributed by atoms with E-state index in [1.54, 1.807) is 6.26 Å². The van der Waals surface area contributed by atoms with Gasteiger partial charge in [0.15, 0.2) is 0 Å². The van der Waals surface area contributed by atoms with Crippen LogP contribution in [-0.4, -0.2) is 45.0 Å². The maximum atomic E-state index is 10.9. The minimum atomic E-state index is -0.645. The lowest BCUT2D eigenvalue weighted by Gasteiger charge is -1.95. The molecule has 0 aromatic heterocycles. The van der Waals surface area contributed by atoms with E-state index in [1.165, 1.54) is 0 Å². The van der Waals surface area contributed by atoms with Crippen molar-refractivity contribution in [3.8, 4) is 0 Å². The summed E-state index contributed by atoms with van der Waals surface area (Å²) in [5.41, 5.74) is 10.4. The van der Waals surface area contributed by atoms with Gasteiger partial charge in [0.25, 0.3) is 0 Å². The normalized spacial score (nSPS) is 13.8. The molecule has 4 nitrogen and oxygen atoms in total. The van der Waals surface area contributed by atoms with E-state index in [2.05, 4.69) is 0 Å². The van der Waals surface area contributed by atoms with Crippen molar-refractivity contribution in [2.24, 2.45) is 11.5 Å². The molecule has 0 fully saturated rings. The standard InChI is InChI=1S/C6H15NOS.C4H11NOS/c1-2-5-9(8)6-3-4-7;1-7(6)4-2-3-5/h2-7H2,1H3;2-5H2,1H3. The number of hydrogen-bond donors (Lipinski definition) is 2. The van der Waals surface area contributed by atoms with Crippen molar-refractivity contribution < 1.29 is 8.42 Å². The van der Waals surface area contributed by atoms with Crippen molar-refractivity contribution in [2.45, 2.75) is 26.2 Å². The van der Waals surface area contributed by atoms with Gasteiger partial charge in [-0.05, 0) is 32.4 Å². The van der Waals surface area contributed by atoms with E-state index in [-0.39, 0.29) is 0 Å². The van der Waals surface area contributed by atoms with Gasteiger partial charge >= 0.3 is 0 Å². The van der Waals surface area contributed by atoms with E-state index in [9.17, 15) is 8.42 Å². The van der Waals surface area contributed by atoms with Gasteiger partial charge in [-0.3, -0.25) is 8.42 Å². The fourth-order valence-electron chi connectivity index (χ4n) is 0.861. The van der Waals surface area contributed by atoms with Crippen LogP contribution in [0.25, 0.3) is 0 Å². The number of hydrogen-bond acceptors (Lipinski definition) is 4. The van der Waals surface area contributed by atoms with Crippen LogP contribution < -0.4 is 11.5 Å². The lowest BCUT2D eigenvalue weighted by molar-refractivity contribution is 0.679. The molecule has 0 aliphatic carbocycles. The quantitative estimate of drug-likeness (QED) is 0.660. The van der Waals surface area contributed by atoms with Crippen LogP contribution in [0.1, 0.15) is 26.2 Å². The highest BCUT2D eigenvalue weighted by Gasteiger charge is 1.94. The Kier molecular flexibility index (Phi) is 17.7. The fourth-order valence-corrected chi connectivity index (χ4v) is 2.58. The van der Waals surface area contributed by atoms with Gasteiger partial charge in [-0.1, -0.05) is 6.92 Å². The lowest BCUT2D eigenvalue weighted by atomic mass is 10.5. The van der Waals surface area contributed by atoms with Crippen LogP contribution in [0.15, 0.2) is 0 Å². The lowest BCUT2D eigenvalue weighted by Crippen LogP contribution is -2.07. The average molecular weight is 270 g/mol. The Morgan fingerprint density at radius 3 is 1.75 bits per heavy atom. The Morgan fingerprint density at radius 2 is 1.44 bits per heavy atom. The van der Waals surface area contributed by atoms with Gasteiger partial charge in [0, 0.05) is 45.1 Å². The molecular formula is C10H26N2O2S2. The Labute approximate surface area is 104 Å². The zero-order valence-corrected chi connectivity index (χ0v) is 12.1. The first-order chi connectivity index (χ1) is 7.58. The van der Waals surface area contributed by atoms with E-state index >= 15 is 0 Å². The highest BCUT2D eigenvalue weighted by Crippen LogP contribution is 1.88. The van der Waals surface area contributed by atoms with Crippen LogP contribution in [0.5, 0.6) is 0 Å². The maximum absolute atomic E-state index is 10.9. The van der Waals surface area contributed by atoms with Gasteiger partial charge in [0.1, 0.15) is 0 Å². The average Bonchev–Trinajstić information content (AvgIpc) is 2.25. The monoisotopic (exact) mass is 270 g/mol. The second-order valence-corrected chi connectivity index (χ2v) is 6.66. The van der Waals surface area contributed by atoms with Crippen LogP contribution in [0.2, 0.25) is 0 Å². The number of nitrogens with two attached hydrogens (primary N) is 2. The topological polar surface area (TPSA) is 86.2 Å². The Hall–Kier alpha value is 0.220. The molecule has 4 N–H and O–H groups in total. The molecule has 2 atom stereocenters. The molecule has 0 rings (SSSR count). The van der Waals surface area contributed by atoms with Crippen LogP contribution >= 0.6 is 0 Å². The highest BCUT2D eigenvalue weighted by molar-refractivity contribution is 7.85. The molecule has 6 heteroatoms. The highest BCUT2D eigenvalue weighted by atomic mass is 32.2. The summed E-state index contributed by atoms with van der Waals surface area (Å²) in [6.07, 6.45) is 4.47. The molecule has 2 unspecified atom stereocenters. The fraction of sp³-hybridized carbons (Fsp3) is 1.00. The summed E-state index contributed by atoms with van der Waals surface area (Å²) in [5.74, 6) is 2.36. The van der Waals surface area contributed by atoms with Crippen molar-refractivity contribution in [2.75, 3.05) is 36.6 Å². The first-order valence-corrected chi connectivity index (χ1v) is 8.85. The zero-order chi connectivity index (χ0) is 12.8. The molecule has 0 amide bonds. The largest absolute Gasteiger partial charge is 0.330 e. The van der Waals surface area contributed by atoms with Crippen molar-refractivity contribution >= 4 is 21.6 Å². The summed E-state index contributed by atoms with van der Waals surface area (Å²) in [5, 5.41) is 0. The molecule has 0 saturated carbocycles. The molecule has 0 aliphatic rings. The van der Waals surface area contributed by atoms with Gasteiger partial charge in [0.05, 0.1) is 0 Å². The summed E-state index contributed by atoms with van der Waals surface area (Å²) in [6, 6.07) is 0. The van der Waals surface area contributed by atoms with E-state index in [1.807, 2.05) is 6.92 Å². The SMILES string of the molecule is CCCS(=O)CCCN.CS(=O)CCCN. The van der Waals surface area contributed by atoms with E-state index in [0.29, 0.717) is 13.1 Å². The van der Waals surface area contributed by atoms with Crippen molar-refractivity contribution in [1.29, 1.82) is 0 Å². The second-order valence-electron chi connectivity index (χ2n) is 3.41. The molecule has 0 aromatic rings. The molecule has 0 bridgehead atoms. The van der Waals surface area contributed by atoms with Crippen LogP contribution in [0.4, 0.5) is 0 Å². The molecule has 0 saturated heterocycles. The van der Waals surface area contributed by atoms with E-state index in [4.69, 9.17) is 11.5 Å².